The zero-order valence-corrected chi connectivity index (χ0v) is 17.0. The average Bonchev–Trinajstić information content (AvgIpc) is 3.26. The summed E-state index contributed by atoms with van der Waals surface area (Å²) in [7, 11) is 0. The van der Waals surface area contributed by atoms with Gasteiger partial charge in [0.1, 0.15) is 0 Å². The van der Waals surface area contributed by atoms with Crippen LogP contribution in [0.3, 0.4) is 0 Å². The molecule has 162 valence electrons. The Hall–Kier alpha value is -3.68. The summed E-state index contributed by atoms with van der Waals surface area (Å²) >= 11 is 0. The molecule has 3 rings (SSSR count). The van der Waals surface area contributed by atoms with Gasteiger partial charge in [0.15, 0.2) is 11.5 Å². The fourth-order valence-electron chi connectivity index (χ4n) is 2.96. The second kappa shape index (κ2) is 10.9. The van der Waals surface area contributed by atoms with Crippen LogP contribution in [-0.4, -0.2) is 28.7 Å². The second-order valence-electron chi connectivity index (χ2n) is 6.57. The van der Waals surface area contributed by atoms with Crippen LogP contribution in [-0.2, 0) is 17.9 Å². The summed E-state index contributed by atoms with van der Waals surface area (Å²) in [6, 6.07) is 12.4. The van der Waals surface area contributed by atoms with E-state index in [0.29, 0.717) is 25.3 Å². The lowest BCUT2D eigenvalue weighted by Crippen LogP contribution is -2.21. The topological polar surface area (TPSA) is 65.4 Å². The van der Waals surface area contributed by atoms with Gasteiger partial charge in [-0.25, -0.2) is 4.98 Å². The summed E-state index contributed by atoms with van der Waals surface area (Å²) in [5.41, 5.74) is 2.71. The summed E-state index contributed by atoms with van der Waals surface area (Å²) in [6.45, 7) is 0.135. The van der Waals surface area contributed by atoms with Crippen LogP contribution in [0.25, 0.3) is 6.08 Å². The molecule has 3 aromatic rings. The number of benzene rings is 2. The molecule has 0 fully saturated rings. The Morgan fingerprint density at radius 2 is 2.00 bits per heavy atom. The fourth-order valence-corrected chi connectivity index (χ4v) is 2.96. The Morgan fingerprint density at radius 3 is 2.71 bits per heavy atom. The summed E-state index contributed by atoms with van der Waals surface area (Å²) in [5, 5.41) is 2.86. The first-order chi connectivity index (χ1) is 15.0. The molecule has 0 atom stereocenters. The number of aromatic nitrogens is 2. The van der Waals surface area contributed by atoms with Crippen molar-refractivity contribution >= 4 is 12.0 Å². The molecule has 0 saturated heterocycles. The molecule has 0 spiro atoms. The standard InChI is InChI=1S/C23H23F2N3O3/c1-2-30-21-13-17(7-9-20(21)31-23(24)25)8-10-22(29)27-14-18-5-3-4-6-19(18)15-28-12-11-26-16-28/h3-13,16,23H,2,14-15H2,1H3,(H,27,29)/b10-8+. The third kappa shape index (κ3) is 6.67. The molecule has 6 nitrogen and oxygen atoms in total. The van der Waals surface area contributed by atoms with Crippen LogP contribution in [0.4, 0.5) is 8.78 Å². The maximum atomic E-state index is 12.5. The van der Waals surface area contributed by atoms with Gasteiger partial charge in [-0.2, -0.15) is 8.78 Å². The van der Waals surface area contributed by atoms with Crippen molar-refractivity contribution in [3.63, 3.8) is 0 Å². The minimum Gasteiger partial charge on any atom is -0.490 e. The number of ether oxygens (including phenoxy) is 2. The van der Waals surface area contributed by atoms with Gasteiger partial charge in [0, 0.05) is 31.6 Å². The zero-order valence-electron chi connectivity index (χ0n) is 17.0. The zero-order chi connectivity index (χ0) is 22.1. The number of carbonyl (C=O) groups excluding carboxylic acids is 1. The number of imidazole rings is 1. The van der Waals surface area contributed by atoms with Gasteiger partial charge >= 0.3 is 6.61 Å². The predicted octanol–water partition coefficient (Wildman–Crippen LogP) is 4.26. The quantitative estimate of drug-likeness (QED) is 0.491. The van der Waals surface area contributed by atoms with E-state index in [1.54, 1.807) is 37.7 Å². The van der Waals surface area contributed by atoms with E-state index in [4.69, 9.17) is 4.74 Å². The first-order valence-electron chi connectivity index (χ1n) is 9.75. The van der Waals surface area contributed by atoms with Crippen LogP contribution < -0.4 is 14.8 Å². The van der Waals surface area contributed by atoms with Crippen molar-refractivity contribution in [2.45, 2.75) is 26.6 Å². The summed E-state index contributed by atoms with van der Waals surface area (Å²) in [4.78, 5) is 16.3. The lowest BCUT2D eigenvalue weighted by molar-refractivity contribution is -0.116. The largest absolute Gasteiger partial charge is 0.490 e. The molecule has 1 aromatic heterocycles. The van der Waals surface area contributed by atoms with Gasteiger partial charge in [-0.15, -0.1) is 0 Å². The number of carbonyl (C=O) groups is 1. The molecule has 0 aliphatic carbocycles. The molecule has 0 saturated carbocycles. The molecule has 0 unspecified atom stereocenters. The Labute approximate surface area is 179 Å². The van der Waals surface area contributed by atoms with Gasteiger partial charge < -0.3 is 19.4 Å². The molecule has 1 heterocycles. The van der Waals surface area contributed by atoms with Crippen molar-refractivity contribution in [2.24, 2.45) is 0 Å². The molecule has 1 amide bonds. The Kier molecular flexibility index (Phi) is 7.75. The van der Waals surface area contributed by atoms with E-state index in [0.717, 1.165) is 11.1 Å². The summed E-state index contributed by atoms with van der Waals surface area (Å²) in [6.07, 6.45) is 8.31. The highest BCUT2D eigenvalue weighted by molar-refractivity contribution is 5.91. The lowest BCUT2D eigenvalue weighted by atomic mass is 10.1. The van der Waals surface area contributed by atoms with E-state index in [1.807, 2.05) is 35.0 Å². The van der Waals surface area contributed by atoms with E-state index in [9.17, 15) is 13.6 Å². The van der Waals surface area contributed by atoms with Crippen molar-refractivity contribution in [1.29, 1.82) is 0 Å². The molecular formula is C23H23F2N3O3. The van der Waals surface area contributed by atoms with Gasteiger partial charge in [-0.3, -0.25) is 4.79 Å². The second-order valence-corrected chi connectivity index (χ2v) is 6.57. The number of nitrogens with one attached hydrogen (secondary N) is 1. The Morgan fingerprint density at radius 1 is 1.19 bits per heavy atom. The van der Waals surface area contributed by atoms with E-state index in [1.165, 1.54) is 12.1 Å². The maximum Gasteiger partial charge on any atom is 0.387 e. The molecule has 0 radical (unpaired) electrons. The first-order valence-corrected chi connectivity index (χ1v) is 9.75. The summed E-state index contributed by atoms with van der Waals surface area (Å²) in [5.74, 6) is -0.130. The van der Waals surface area contributed by atoms with Crippen LogP contribution in [0.15, 0.2) is 67.3 Å². The summed E-state index contributed by atoms with van der Waals surface area (Å²) < 4.78 is 36.8. The van der Waals surface area contributed by atoms with E-state index >= 15 is 0 Å². The fraction of sp³-hybridized carbons (Fsp3) is 0.217. The third-order valence-corrected chi connectivity index (χ3v) is 4.39. The van der Waals surface area contributed by atoms with E-state index < -0.39 is 6.61 Å². The minimum absolute atomic E-state index is 0.0482. The van der Waals surface area contributed by atoms with Crippen LogP contribution in [0.1, 0.15) is 23.6 Å². The van der Waals surface area contributed by atoms with Crippen molar-refractivity contribution < 1.29 is 23.0 Å². The van der Waals surface area contributed by atoms with Crippen molar-refractivity contribution in [1.82, 2.24) is 14.9 Å². The van der Waals surface area contributed by atoms with Gasteiger partial charge in [0.25, 0.3) is 0 Å². The SMILES string of the molecule is CCOc1cc(/C=C/C(=O)NCc2ccccc2Cn2ccnc2)ccc1OC(F)F. The smallest absolute Gasteiger partial charge is 0.387 e. The number of nitrogens with zero attached hydrogens (tertiary/aromatic N) is 2. The van der Waals surface area contributed by atoms with Gasteiger partial charge in [-0.1, -0.05) is 30.3 Å². The molecule has 0 aliphatic rings. The molecule has 2 aromatic carbocycles. The number of alkyl halides is 2. The van der Waals surface area contributed by atoms with Gasteiger partial charge in [0.2, 0.25) is 5.91 Å². The average molecular weight is 427 g/mol. The molecule has 1 N–H and O–H groups in total. The first kappa shape index (κ1) is 22.0. The van der Waals surface area contributed by atoms with E-state index in [-0.39, 0.29) is 17.4 Å². The van der Waals surface area contributed by atoms with E-state index in [2.05, 4.69) is 15.0 Å². The van der Waals surface area contributed by atoms with Crippen LogP contribution in [0, 0.1) is 0 Å². The Balaban J connectivity index is 1.62. The van der Waals surface area contributed by atoms with Crippen LogP contribution in [0.2, 0.25) is 0 Å². The Bertz CT molecular complexity index is 1020. The number of hydrogen-bond acceptors (Lipinski definition) is 4. The lowest BCUT2D eigenvalue weighted by Gasteiger charge is -2.12. The van der Waals surface area contributed by atoms with Crippen molar-refractivity contribution in [3.05, 3.63) is 84.0 Å². The molecular weight excluding hydrogens is 404 g/mol. The highest BCUT2D eigenvalue weighted by Crippen LogP contribution is 2.30. The predicted molar refractivity (Wildman–Crippen MR) is 113 cm³/mol. The maximum absolute atomic E-state index is 12.5. The third-order valence-electron chi connectivity index (χ3n) is 4.39. The van der Waals surface area contributed by atoms with Crippen molar-refractivity contribution in [3.8, 4) is 11.5 Å². The highest BCUT2D eigenvalue weighted by Gasteiger charge is 2.11. The van der Waals surface area contributed by atoms with Gasteiger partial charge in [0.05, 0.1) is 12.9 Å². The number of rotatable bonds is 10. The highest BCUT2D eigenvalue weighted by atomic mass is 19.3. The molecule has 31 heavy (non-hydrogen) atoms. The van der Waals surface area contributed by atoms with Crippen LogP contribution in [0.5, 0.6) is 11.5 Å². The number of hydrogen-bond donors (Lipinski definition) is 1. The van der Waals surface area contributed by atoms with Crippen LogP contribution >= 0.6 is 0 Å². The monoisotopic (exact) mass is 427 g/mol. The van der Waals surface area contributed by atoms with Crippen molar-refractivity contribution in [2.75, 3.05) is 6.61 Å². The molecule has 0 aliphatic heterocycles. The van der Waals surface area contributed by atoms with Gasteiger partial charge in [-0.05, 0) is 41.8 Å². The molecule has 8 heteroatoms. The normalized spacial score (nSPS) is 11.1. The minimum atomic E-state index is -2.94. The molecule has 0 bridgehead atoms. The number of halogens is 2. The number of amides is 1.